The van der Waals surface area contributed by atoms with Gasteiger partial charge in [-0.05, 0) is 13.3 Å². The van der Waals surface area contributed by atoms with E-state index in [-0.39, 0.29) is 11.9 Å². The molecule has 90 valence electrons. The summed E-state index contributed by atoms with van der Waals surface area (Å²) < 4.78 is 9.75. The van der Waals surface area contributed by atoms with Crippen LogP contribution in [0.3, 0.4) is 0 Å². The SMILES string of the molecule is COCCCNC(=O)C(C)NCCOC. The zero-order valence-corrected chi connectivity index (χ0v) is 9.84. The molecule has 0 aromatic rings. The number of ether oxygens (including phenoxy) is 2. The van der Waals surface area contributed by atoms with E-state index in [0.717, 1.165) is 6.42 Å². The maximum absolute atomic E-state index is 11.4. The van der Waals surface area contributed by atoms with Gasteiger partial charge in [-0.3, -0.25) is 4.79 Å². The van der Waals surface area contributed by atoms with E-state index >= 15 is 0 Å². The molecular formula is C10H22N2O3. The van der Waals surface area contributed by atoms with E-state index in [9.17, 15) is 4.79 Å². The van der Waals surface area contributed by atoms with Crippen molar-refractivity contribution >= 4 is 5.91 Å². The van der Waals surface area contributed by atoms with Crippen molar-refractivity contribution in [3.8, 4) is 0 Å². The number of nitrogens with one attached hydrogen (secondary N) is 2. The number of hydrogen-bond donors (Lipinski definition) is 2. The number of carbonyl (C=O) groups excluding carboxylic acids is 1. The molecule has 1 amide bonds. The van der Waals surface area contributed by atoms with E-state index in [4.69, 9.17) is 9.47 Å². The minimum Gasteiger partial charge on any atom is -0.385 e. The number of amides is 1. The van der Waals surface area contributed by atoms with Crippen molar-refractivity contribution in [3.05, 3.63) is 0 Å². The highest BCUT2D eigenvalue weighted by atomic mass is 16.5. The molecule has 1 unspecified atom stereocenters. The summed E-state index contributed by atoms with van der Waals surface area (Å²) in [4.78, 5) is 11.4. The van der Waals surface area contributed by atoms with Crippen molar-refractivity contribution in [2.24, 2.45) is 0 Å². The standard InChI is InChI=1S/C10H22N2O3/c1-9(11-6-8-15-3)10(13)12-5-4-7-14-2/h9,11H,4-8H2,1-3H3,(H,12,13). The summed E-state index contributed by atoms with van der Waals surface area (Å²) in [5.74, 6) is 0.0159. The van der Waals surface area contributed by atoms with Crippen molar-refractivity contribution in [2.45, 2.75) is 19.4 Å². The first-order valence-corrected chi connectivity index (χ1v) is 5.21. The molecule has 0 saturated heterocycles. The van der Waals surface area contributed by atoms with E-state index in [1.807, 2.05) is 6.92 Å². The molecular weight excluding hydrogens is 196 g/mol. The first-order valence-electron chi connectivity index (χ1n) is 5.21. The normalized spacial score (nSPS) is 12.5. The summed E-state index contributed by atoms with van der Waals surface area (Å²) in [7, 11) is 3.29. The Hall–Kier alpha value is -0.650. The molecule has 0 heterocycles. The quantitative estimate of drug-likeness (QED) is 0.525. The lowest BCUT2D eigenvalue weighted by Crippen LogP contribution is -2.43. The van der Waals surface area contributed by atoms with Gasteiger partial charge in [0.25, 0.3) is 0 Å². The van der Waals surface area contributed by atoms with E-state index in [2.05, 4.69) is 10.6 Å². The Kier molecular flexibility index (Phi) is 9.46. The topological polar surface area (TPSA) is 59.6 Å². The van der Waals surface area contributed by atoms with Gasteiger partial charge in [-0.1, -0.05) is 0 Å². The van der Waals surface area contributed by atoms with Crippen LogP contribution in [-0.4, -0.2) is 52.5 Å². The van der Waals surface area contributed by atoms with Gasteiger partial charge in [-0.2, -0.15) is 0 Å². The Bertz CT molecular complexity index is 165. The summed E-state index contributed by atoms with van der Waals surface area (Å²) in [6.07, 6.45) is 0.840. The second-order valence-corrected chi connectivity index (χ2v) is 3.31. The first kappa shape index (κ1) is 14.3. The van der Waals surface area contributed by atoms with Crippen LogP contribution in [0.25, 0.3) is 0 Å². The monoisotopic (exact) mass is 218 g/mol. The maximum Gasteiger partial charge on any atom is 0.236 e. The van der Waals surface area contributed by atoms with E-state index < -0.39 is 0 Å². The predicted octanol–water partition coefficient (Wildman–Crippen LogP) is -0.236. The third-order valence-electron chi connectivity index (χ3n) is 1.97. The van der Waals surface area contributed by atoms with Crippen molar-refractivity contribution in [1.29, 1.82) is 0 Å². The lowest BCUT2D eigenvalue weighted by molar-refractivity contribution is -0.122. The van der Waals surface area contributed by atoms with Crippen LogP contribution in [-0.2, 0) is 14.3 Å². The molecule has 0 spiro atoms. The Morgan fingerprint density at radius 1 is 1.20 bits per heavy atom. The fourth-order valence-corrected chi connectivity index (χ4v) is 1.05. The van der Waals surface area contributed by atoms with Gasteiger partial charge in [-0.25, -0.2) is 0 Å². The molecule has 0 radical (unpaired) electrons. The van der Waals surface area contributed by atoms with Gasteiger partial charge < -0.3 is 20.1 Å². The highest BCUT2D eigenvalue weighted by molar-refractivity contribution is 5.81. The second-order valence-electron chi connectivity index (χ2n) is 3.31. The second kappa shape index (κ2) is 9.89. The fraction of sp³-hybridized carbons (Fsp3) is 0.900. The van der Waals surface area contributed by atoms with Crippen molar-refractivity contribution in [3.63, 3.8) is 0 Å². The lowest BCUT2D eigenvalue weighted by atomic mass is 10.3. The average Bonchev–Trinajstić information content (AvgIpc) is 2.24. The molecule has 0 aliphatic heterocycles. The molecule has 1 atom stereocenters. The minimum absolute atomic E-state index is 0.0159. The van der Waals surface area contributed by atoms with Crippen LogP contribution in [0.1, 0.15) is 13.3 Å². The molecule has 0 aliphatic rings. The van der Waals surface area contributed by atoms with Crippen LogP contribution in [0, 0.1) is 0 Å². The lowest BCUT2D eigenvalue weighted by Gasteiger charge is -2.13. The van der Waals surface area contributed by atoms with Crippen molar-refractivity contribution < 1.29 is 14.3 Å². The summed E-state index contributed by atoms with van der Waals surface area (Å²) in [6, 6.07) is -0.178. The highest BCUT2D eigenvalue weighted by Crippen LogP contribution is 1.83. The Morgan fingerprint density at radius 3 is 2.47 bits per heavy atom. The molecule has 2 N–H and O–H groups in total. The first-order chi connectivity index (χ1) is 7.22. The van der Waals surface area contributed by atoms with E-state index in [1.165, 1.54) is 0 Å². The Labute approximate surface area is 91.5 Å². The highest BCUT2D eigenvalue weighted by Gasteiger charge is 2.10. The van der Waals surface area contributed by atoms with Crippen LogP contribution >= 0.6 is 0 Å². The molecule has 0 aromatic heterocycles. The molecule has 0 fully saturated rings. The molecule has 0 aliphatic carbocycles. The maximum atomic E-state index is 11.4. The van der Waals surface area contributed by atoms with Crippen LogP contribution in [0.4, 0.5) is 0 Å². The van der Waals surface area contributed by atoms with Crippen LogP contribution in [0.2, 0.25) is 0 Å². The van der Waals surface area contributed by atoms with Gasteiger partial charge in [0.2, 0.25) is 5.91 Å². The third kappa shape index (κ3) is 8.35. The Balaban J connectivity index is 3.42. The molecule has 0 bridgehead atoms. The van der Waals surface area contributed by atoms with Crippen molar-refractivity contribution in [2.75, 3.05) is 40.5 Å². The summed E-state index contributed by atoms with van der Waals surface area (Å²) in [5, 5.41) is 5.88. The third-order valence-corrected chi connectivity index (χ3v) is 1.97. The number of rotatable bonds is 9. The van der Waals surface area contributed by atoms with Crippen molar-refractivity contribution in [1.82, 2.24) is 10.6 Å². The van der Waals surface area contributed by atoms with Gasteiger partial charge in [0.15, 0.2) is 0 Å². The summed E-state index contributed by atoms with van der Waals surface area (Å²) in [5.41, 5.74) is 0. The van der Waals surface area contributed by atoms with Gasteiger partial charge in [0.05, 0.1) is 12.6 Å². The smallest absolute Gasteiger partial charge is 0.236 e. The summed E-state index contributed by atoms with van der Waals surface area (Å²) in [6.45, 7) is 4.46. The number of carbonyl (C=O) groups is 1. The van der Waals surface area contributed by atoms with Gasteiger partial charge >= 0.3 is 0 Å². The zero-order valence-electron chi connectivity index (χ0n) is 9.84. The predicted molar refractivity (Wildman–Crippen MR) is 58.8 cm³/mol. The largest absolute Gasteiger partial charge is 0.385 e. The minimum atomic E-state index is -0.178. The average molecular weight is 218 g/mol. The molecule has 0 aromatic carbocycles. The van der Waals surface area contributed by atoms with Crippen LogP contribution in [0.5, 0.6) is 0 Å². The number of methoxy groups -OCH3 is 2. The van der Waals surface area contributed by atoms with E-state index in [0.29, 0.717) is 26.3 Å². The van der Waals surface area contributed by atoms with Gasteiger partial charge in [0, 0.05) is 33.9 Å². The molecule has 5 nitrogen and oxygen atoms in total. The van der Waals surface area contributed by atoms with Crippen LogP contribution in [0.15, 0.2) is 0 Å². The summed E-state index contributed by atoms with van der Waals surface area (Å²) >= 11 is 0. The van der Waals surface area contributed by atoms with E-state index in [1.54, 1.807) is 14.2 Å². The van der Waals surface area contributed by atoms with Crippen LogP contribution < -0.4 is 10.6 Å². The fourth-order valence-electron chi connectivity index (χ4n) is 1.05. The van der Waals surface area contributed by atoms with Gasteiger partial charge in [0.1, 0.15) is 0 Å². The molecule has 0 saturated carbocycles. The number of hydrogen-bond acceptors (Lipinski definition) is 4. The Morgan fingerprint density at radius 2 is 1.87 bits per heavy atom. The van der Waals surface area contributed by atoms with Gasteiger partial charge in [-0.15, -0.1) is 0 Å². The molecule has 15 heavy (non-hydrogen) atoms. The molecule has 5 heteroatoms. The molecule has 0 rings (SSSR count). The zero-order chi connectivity index (χ0) is 11.5.